The normalized spacial score (nSPS) is 16.5. The van der Waals surface area contributed by atoms with E-state index in [0.29, 0.717) is 11.3 Å². The third-order valence-corrected chi connectivity index (χ3v) is 4.11. The monoisotopic (exact) mass is 382 g/mol. The standard InChI is InChI=1S/C19H20F2N2O2.ClH/c20-14-5-3-4-13(10-14)12-25-18-8-7-15(11-16(18)21)23-19(24)17-6-1-2-9-22-17;/h3-5,7-8,10-11,17,22H,1-2,6,9,12H2,(H,23,24);1H. The molecule has 0 saturated carbocycles. The average Bonchev–Trinajstić information content (AvgIpc) is 2.62. The first-order chi connectivity index (χ1) is 12.1. The van der Waals surface area contributed by atoms with Gasteiger partial charge in [0.15, 0.2) is 11.6 Å². The molecular weight excluding hydrogens is 362 g/mol. The number of carbonyl (C=O) groups is 1. The lowest BCUT2D eigenvalue weighted by atomic mass is 10.0. The zero-order valence-electron chi connectivity index (χ0n) is 14.1. The van der Waals surface area contributed by atoms with E-state index in [-0.39, 0.29) is 42.5 Å². The molecule has 1 atom stereocenters. The van der Waals surface area contributed by atoms with E-state index >= 15 is 0 Å². The largest absolute Gasteiger partial charge is 0.486 e. The molecule has 1 unspecified atom stereocenters. The second kappa shape index (κ2) is 9.50. The number of anilines is 1. The molecule has 2 N–H and O–H groups in total. The molecule has 1 heterocycles. The molecule has 7 heteroatoms. The van der Waals surface area contributed by atoms with Crippen LogP contribution in [0.25, 0.3) is 0 Å². The molecule has 4 nitrogen and oxygen atoms in total. The van der Waals surface area contributed by atoms with E-state index in [9.17, 15) is 13.6 Å². The summed E-state index contributed by atoms with van der Waals surface area (Å²) in [6, 6.07) is 9.98. The SMILES string of the molecule is Cl.O=C(Nc1ccc(OCc2cccc(F)c2)c(F)c1)C1CCCCN1. The molecule has 26 heavy (non-hydrogen) atoms. The van der Waals surface area contributed by atoms with Gasteiger partial charge >= 0.3 is 0 Å². The van der Waals surface area contributed by atoms with Crippen LogP contribution in [0.3, 0.4) is 0 Å². The fraction of sp³-hybridized carbons (Fsp3) is 0.316. The molecule has 1 aliphatic rings. The van der Waals surface area contributed by atoms with E-state index in [4.69, 9.17) is 4.74 Å². The Morgan fingerprint density at radius 2 is 2.04 bits per heavy atom. The lowest BCUT2D eigenvalue weighted by Gasteiger charge is -2.22. The molecule has 3 rings (SSSR count). The number of amides is 1. The van der Waals surface area contributed by atoms with Gasteiger partial charge in [0, 0.05) is 11.8 Å². The van der Waals surface area contributed by atoms with Crippen molar-refractivity contribution in [2.75, 3.05) is 11.9 Å². The summed E-state index contributed by atoms with van der Waals surface area (Å²) in [4.78, 5) is 12.1. The van der Waals surface area contributed by atoms with Crippen LogP contribution < -0.4 is 15.4 Å². The van der Waals surface area contributed by atoms with Crippen molar-refractivity contribution < 1.29 is 18.3 Å². The summed E-state index contributed by atoms with van der Waals surface area (Å²) in [5.74, 6) is -1.05. The molecule has 1 saturated heterocycles. The summed E-state index contributed by atoms with van der Waals surface area (Å²) < 4.78 is 32.7. The number of benzene rings is 2. The molecule has 0 spiro atoms. The van der Waals surface area contributed by atoms with Crippen LogP contribution in [-0.4, -0.2) is 18.5 Å². The molecule has 0 bridgehead atoms. The van der Waals surface area contributed by atoms with Gasteiger partial charge in [-0.2, -0.15) is 0 Å². The van der Waals surface area contributed by atoms with Crippen molar-refractivity contribution in [3.8, 4) is 5.75 Å². The highest BCUT2D eigenvalue weighted by Crippen LogP contribution is 2.23. The van der Waals surface area contributed by atoms with Crippen LogP contribution in [0.15, 0.2) is 42.5 Å². The summed E-state index contributed by atoms with van der Waals surface area (Å²) in [5.41, 5.74) is 0.994. The lowest BCUT2D eigenvalue weighted by molar-refractivity contribution is -0.118. The topological polar surface area (TPSA) is 50.4 Å². The van der Waals surface area contributed by atoms with Crippen LogP contribution in [0.4, 0.5) is 14.5 Å². The molecule has 0 aliphatic carbocycles. The van der Waals surface area contributed by atoms with Crippen molar-refractivity contribution in [3.63, 3.8) is 0 Å². The number of halogens is 3. The second-order valence-corrected chi connectivity index (χ2v) is 6.06. The minimum absolute atomic E-state index is 0. The molecular formula is C19H21ClF2N2O2. The van der Waals surface area contributed by atoms with Crippen LogP contribution in [0.1, 0.15) is 24.8 Å². The highest BCUT2D eigenvalue weighted by molar-refractivity contribution is 5.94. The number of hydrogen-bond acceptors (Lipinski definition) is 3. The van der Waals surface area contributed by atoms with Gasteiger partial charge in [0.1, 0.15) is 12.4 Å². The third-order valence-electron chi connectivity index (χ3n) is 4.11. The summed E-state index contributed by atoms with van der Waals surface area (Å²) in [7, 11) is 0. The van der Waals surface area contributed by atoms with Crippen LogP contribution >= 0.6 is 12.4 Å². The Hall–Kier alpha value is -2.18. The van der Waals surface area contributed by atoms with E-state index in [1.165, 1.54) is 24.3 Å². The third kappa shape index (κ3) is 5.41. The molecule has 1 amide bonds. The average molecular weight is 383 g/mol. The predicted octanol–water partition coefficient (Wildman–Crippen LogP) is 4.05. The summed E-state index contributed by atoms with van der Waals surface area (Å²) >= 11 is 0. The molecule has 0 radical (unpaired) electrons. The minimum Gasteiger partial charge on any atom is -0.486 e. The highest BCUT2D eigenvalue weighted by Gasteiger charge is 2.20. The van der Waals surface area contributed by atoms with Crippen LogP contribution in [0.5, 0.6) is 5.75 Å². The Morgan fingerprint density at radius 1 is 1.19 bits per heavy atom. The van der Waals surface area contributed by atoms with Gasteiger partial charge < -0.3 is 15.4 Å². The number of ether oxygens (including phenoxy) is 1. The molecule has 2 aromatic carbocycles. The van der Waals surface area contributed by atoms with E-state index in [0.717, 1.165) is 25.8 Å². The van der Waals surface area contributed by atoms with Gasteiger partial charge in [-0.05, 0) is 49.2 Å². The Kier molecular flexibility index (Phi) is 7.36. The Bertz CT molecular complexity index is 752. The second-order valence-electron chi connectivity index (χ2n) is 6.06. The maximum atomic E-state index is 14.2. The summed E-state index contributed by atoms with van der Waals surface area (Å²) in [6.45, 7) is 0.881. The first-order valence-corrected chi connectivity index (χ1v) is 8.33. The maximum Gasteiger partial charge on any atom is 0.241 e. The van der Waals surface area contributed by atoms with Crippen molar-refractivity contribution in [2.45, 2.75) is 31.9 Å². The van der Waals surface area contributed by atoms with Crippen LogP contribution in [0, 0.1) is 11.6 Å². The number of carbonyl (C=O) groups excluding carboxylic acids is 1. The van der Waals surface area contributed by atoms with Gasteiger partial charge in [0.2, 0.25) is 5.91 Å². The number of nitrogens with one attached hydrogen (secondary N) is 2. The van der Waals surface area contributed by atoms with E-state index in [1.807, 2.05) is 0 Å². The molecule has 0 aromatic heterocycles. The van der Waals surface area contributed by atoms with E-state index in [2.05, 4.69) is 10.6 Å². The summed E-state index contributed by atoms with van der Waals surface area (Å²) in [6.07, 6.45) is 2.85. The molecule has 1 aliphatic heterocycles. The number of piperidine rings is 1. The quantitative estimate of drug-likeness (QED) is 0.820. The predicted molar refractivity (Wildman–Crippen MR) is 98.7 cm³/mol. The van der Waals surface area contributed by atoms with Crippen molar-refractivity contribution in [1.29, 1.82) is 0 Å². The van der Waals surface area contributed by atoms with E-state index < -0.39 is 5.82 Å². The first-order valence-electron chi connectivity index (χ1n) is 8.33. The smallest absolute Gasteiger partial charge is 0.241 e. The van der Waals surface area contributed by atoms with Crippen molar-refractivity contribution in [2.24, 2.45) is 0 Å². The molecule has 140 valence electrons. The fourth-order valence-electron chi connectivity index (χ4n) is 2.79. The van der Waals surface area contributed by atoms with Crippen molar-refractivity contribution in [3.05, 3.63) is 59.7 Å². The summed E-state index contributed by atoms with van der Waals surface area (Å²) in [5, 5.41) is 5.86. The zero-order valence-corrected chi connectivity index (χ0v) is 15.0. The molecule has 1 fully saturated rings. The van der Waals surface area contributed by atoms with Gasteiger partial charge in [0.25, 0.3) is 0 Å². The Morgan fingerprint density at radius 3 is 2.73 bits per heavy atom. The fourth-order valence-corrected chi connectivity index (χ4v) is 2.79. The first kappa shape index (κ1) is 20.1. The Labute approximate surface area is 157 Å². The van der Waals surface area contributed by atoms with Gasteiger partial charge in [-0.3, -0.25) is 4.79 Å². The van der Waals surface area contributed by atoms with Crippen molar-refractivity contribution >= 4 is 24.0 Å². The minimum atomic E-state index is -0.578. The zero-order chi connectivity index (χ0) is 17.6. The maximum absolute atomic E-state index is 14.2. The number of rotatable bonds is 5. The molecule has 2 aromatic rings. The Balaban J connectivity index is 0.00000243. The lowest BCUT2D eigenvalue weighted by Crippen LogP contribution is -2.43. The highest BCUT2D eigenvalue weighted by atomic mass is 35.5. The van der Waals surface area contributed by atoms with E-state index in [1.54, 1.807) is 18.2 Å². The number of hydrogen-bond donors (Lipinski definition) is 2. The van der Waals surface area contributed by atoms with Gasteiger partial charge in [-0.15, -0.1) is 12.4 Å². The van der Waals surface area contributed by atoms with Gasteiger partial charge in [-0.1, -0.05) is 18.6 Å². The van der Waals surface area contributed by atoms with Gasteiger partial charge in [0.05, 0.1) is 6.04 Å². The van der Waals surface area contributed by atoms with Crippen LogP contribution in [0.2, 0.25) is 0 Å². The van der Waals surface area contributed by atoms with Crippen molar-refractivity contribution in [1.82, 2.24) is 5.32 Å². The van der Waals surface area contributed by atoms with Crippen LogP contribution in [-0.2, 0) is 11.4 Å². The van der Waals surface area contributed by atoms with Gasteiger partial charge in [-0.25, -0.2) is 8.78 Å².